The summed E-state index contributed by atoms with van der Waals surface area (Å²) in [6, 6.07) is 5.26. The minimum atomic E-state index is -0.0898. The van der Waals surface area contributed by atoms with Crippen LogP contribution in [0, 0.1) is 0 Å². The maximum absolute atomic E-state index is 11.6. The van der Waals surface area contributed by atoms with E-state index in [0.717, 1.165) is 12.8 Å². The number of ether oxygens (including phenoxy) is 1. The SMILES string of the molecule is O=C(COc1ccc(Cl)c(Cl)c1)NC1CCCC1. The summed E-state index contributed by atoms with van der Waals surface area (Å²) in [5.74, 6) is 0.457. The first-order valence-electron chi connectivity index (χ1n) is 6.02. The molecule has 0 saturated heterocycles. The van der Waals surface area contributed by atoms with Crippen LogP contribution in [0.25, 0.3) is 0 Å². The van der Waals surface area contributed by atoms with Crippen molar-refractivity contribution < 1.29 is 9.53 Å². The monoisotopic (exact) mass is 287 g/mol. The summed E-state index contributed by atoms with van der Waals surface area (Å²) in [4.78, 5) is 11.6. The second-order valence-electron chi connectivity index (χ2n) is 4.41. The van der Waals surface area contributed by atoms with E-state index in [1.807, 2.05) is 0 Å². The lowest BCUT2D eigenvalue weighted by molar-refractivity contribution is -0.123. The summed E-state index contributed by atoms with van der Waals surface area (Å²) in [6.45, 7) is 0.00839. The molecule has 0 bridgehead atoms. The molecular formula is C13H15Cl2NO2. The Hall–Kier alpha value is -0.930. The Bertz CT molecular complexity index is 431. The molecule has 0 spiro atoms. The molecule has 1 aromatic carbocycles. The largest absolute Gasteiger partial charge is 0.484 e. The van der Waals surface area contributed by atoms with Gasteiger partial charge >= 0.3 is 0 Å². The van der Waals surface area contributed by atoms with Crippen LogP contribution >= 0.6 is 23.2 Å². The van der Waals surface area contributed by atoms with Crippen molar-refractivity contribution in [3.63, 3.8) is 0 Å². The Morgan fingerprint density at radius 2 is 2.00 bits per heavy atom. The van der Waals surface area contributed by atoms with Gasteiger partial charge in [0.05, 0.1) is 10.0 Å². The first kappa shape index (κ1) is 13.5. The van der Waals surface area contributed by atoms with Crippen LogP contribution in [-0.4, -0.2) is 18.6 Å². The van der Waals surface area contributed by atoms with Crippen molar-refractivity contribution in [2.75, 3.05) is 6.61 Å². The van der Waals surface area contributed by atoms with Gasteiger partial charge in [0.15, 0.2) is 6.61 Å². The van der Waals surface area contributed by atoms with E-state index in [4.69, 9.17) is 27.9 Å². The van der Waals surface area contributed by atoms with Gasteiger partial charge in [0.1, 0.15) is 5.75 Å². The molecule has 18 heavy (non-hydrogen) atoms. The van der Waals surface area contributed by atoms with Crippen LogP contribution in [0.4, 0.5) is 0 Å². The number of hydrogen-bond acceptors (Lipinski definition) is 2. The number of halogens is 2. The van der Waals surface area contributed by atoms with Crippen LogP contribution in [0.15, 0.2) is 18.2 Å². The molecule has 1 fully saturated rings. The average molecular weight is 288 g/mol. The Morgan fingerprint density at radius 1 is 1.28 bits per heavy atom. The molecule has 0 unspecified atom stereocenters. The van der Waals surface area contributed by atoms with Crippen LogP contribution in [-0.2, 0) is 4.79 Å². The van der Waals surface area contributed by atoms with Crippen molar-refractivity contribution >= 4 is 29.1 Å². The lowest BCUT2D eigenvalue weighted by Crippen LogP contribution is -2.36. The maximum atomic E-state index is 11.6. The van der Waals surface area contributed by atoms with E-state index < -0.39 is 0 Å². The highest BCUT2D eigenvalue weighted by molar-refractivity contribution is 6.42. The fraction of sp³-hybridized carbons (Fsp3) is 0.462. The van der Waals surface area contributed by atoms with Crippen LogP contribution in [0.2, 0.25) is 10.0 Å². The number of rotatable bonds is 4. The summed E-state index contributed by atoms with van der Waals surface area (Å²) in [5, 5.41) is 3.85. The minimum absolute atomic E-state index is 0.00839. The molecule has 0 atom stereocenters. The van der Waals surface area contributed by atoms with Gasteiger partial charge in [-0.15, -0.1) is 0 Å². The van der Waals surface area contributed by atoms with Gasteiger partial charge in [-0.3, -0.25) is 4.79 Å². The Labute approximate surface area is 116 Å². The molecule has 1 aliphatic carbocycles. The molecule has 1 aromatic rings. The molecule has 0 radical (unpaired) electrons. The molecule has 1 N–H and O–H groups in total. The molecule has 1 saturated carbocycles. The van der Waals surface area contributed by atoms with E-state index >= 15 is 0 Å². The smallest absolute Gasteiger partial charge is 0.258 e. The minimum Gasteiger partial charge on any atom is -0.484 e. The topological polar surface area (TPSA) is 38.3 Å². The van der Waals surface area contributed by atoms with E-state index in [0.29, 0.717) is 21.8 Å². The first-order valence-corrected chi connectivity index (χ1v) is 6.78. The Kier molecular flexibility index (Phi) is 4.72. The van der Waals surface area contributed by atoms with Crippen LogP contribution in [0.5, 0.6) is 5.75 Å². The number of carbonyl (C=O) groups excluding carboxylic acids is 1. The predicted molar refractivity (Wildman–Crippen MR) is 72.4 cm³/mol. The molecule has 5 heteroatoms. The van der Waals surface area contributed by atoms with Crippen LogP contribution in [0.1, 0.15) is 25.7 Å². The second kappa shape index (κ2) is 6.30. The van der Waals surface area contributed by atoms with E-state index in [1.165, 1.54) is 12.8 Å². The first-order chi connectivity index (χ1) is 8.65. The quantitative estimate of drug-likeness (QED) is 0.921. The zero-order valence-electron chi connectivity index (χ0n) is 9.92. The molecule has 98 valence electrons. The molecule has 0 aliphatic heterocycles. The van der Waals surface area contributed by atoms with E-state index in [-0.39, 0.29) is 12.5 Å². The average Bonchev–Trinajstić information content (AvgIpc) is 2.83. The van der Waals surface area contributed by atoms with Gasteiger partial charge in [-0.25, -0.2) is 0 Å². The van der Waals surface area contributed by atoms with E-state index in [1.54, 1.807) is 18.2 Å². The number of amides is 1. The highest BCUT2D eigenvalue weighted by atomic mass is 35.5. The fourth-order valence-electron chi connectivity index (χ4n) is 2.06. The second-order valence-corrected chi connectivity index (χ2v) is 5.23. The van der Waals surface area contributed by atoms with Gasteiger partial charge in [-0.2, -0.15) is 0 Å². The zero-order chi connectivity index (χ0) is 13.0. The highest BCUT2D eigenvalue weighted by Crippen LogP contribution is 2.26. The Morgan fingerprint density at radius 3 is 2.67 bits per heavy atom. The predicted octanol–water partition coefficient (Wildman–Crippen LogP) is 3.43. The molecule has 1 amide bonds. The summed E-state index contributed by atoms with van der Waals surface area (Å²) in [7, 11) is 0. The van der Waals surface area contributed by atoms with Crippen molar-refractivity contribution in [1.29, 1.82) is 0 Å². The lowest BCUT2D eigenvalue weighted by Gasteiger charge is -2.12. The van der Waals surface area contributed by atoms with Gasteiger partial charge in [0.25, 0.3) is 5.91 Å². The fourth-order valence-corrected chi connectivity index (χ4v) is 2.34. The third kappa shape index (κ3) is 3.79. The summed E-state index contributed by atoms with van der Waals surface area (Å²) >= 11 is 11.6. The van der Waals surface area contributed by atoms with Gasteiger partial charge in [0, 0.05) is 12.1 Å². The van der Waals surface area contributed by atoms with Crippen molar-refractivity contribution in [1.82, 2.24) is 5.32 Å². The van der Waals surface area contributed by atoms with Crippen molar-refractivity contribution in [3.8, 4) is 5.75 Å². The molecule has 0 aromatic heterocycles. The van der Waals surface area contributed by atoms with Crippen molar-refractivity contribution in [3.05, 3.63) is 28.2 Å². The highest BCUT2D eigenvalue weighted by Gasteiger charge is 2.17. The number of benzene rings is 1. The molecule has 3 nitrogen and oxygen atoms in total. The standard InChI is InChI=1S/C13H15Cl2NO2/c14-11-6-5-10(7-12(11)15)18-8-13(17)16-9-3-1-2-4-9/h5-7,9H,1-4,8H2,(H,16,17). The van der Waals surface area contributed by atoms with Gasteiger partial charge in [-0.1, -0.05) is 36.0 Å². The van der Waals surface area contributed by atoms with Crippen LogP contribution in [0.3, 0.4) is 0 Å². The normalized spacial score (nSPS) is 15.7. The molecule has 2 rings (SSSR count). The maximum Gasteiger partial charge on any atom is 0.258 e. The van der Waals surface area contributed by atoms with E-state index in [2.05, 4.69) is 5.32 Å². The van der Waals surface area contributed by atoms with Crippen LogP contribution < -0.4 is 10.1 Å². The van der Waals surface area contributed by atoms with E-state index in [9.17, 15) is 4.79 Å². The summed E-state index contributed by atoms with van der Waals surface area (Å²) < 4.78 is 5.36. The van der Waals surface area contributed by atoms with Gasteiger partial charge in [0.2, 0.25) is 0 Å². The molecule has 0 heterocycles. The zero-order valence-corrected chi connectivity index (χ0v) is 11.4. The van der Waals surface area contributed by atoms with Crippen molar-refractivity contribution in [2.45, 2.75) is 31.7 Å². The number of hydrogen-bond donors (Lipinski definition) is 1. The molecular weight excluding hydrogens is 273 g/mol. The van der Waals surface area contributed by atoms with Crippen molar-refractivity contribution in [2.24, 2.45) is 0 Å². The lowest BCUT2D eigenvalue weighted by atomic mass is 10.2. The number of nitrogens with one attached hydrogen (secondary N) is 1. The summed E-state index contributed by atoms with van der Waals surface area (Å²) in [5.41, 5.74) is 0. The third-order valence-corrected chi connectivity index (χ3v) is 3.72. The summed E-state index contributed by atoms with van der Waals surface area (Å²) in [6.07, 6.45) is 4.52. The Balaban J connectivity index is 1.79. The van der Waals surface area contributed by atoms with Gasteiger partial charge in [-0.05, 0) is 25.0 Å². The van der Waals surface area contributed by atoms with Gasteiger partial charge < -0.3 is 10.1 Å². The molecule has 1 aliphatic rings. The third-order valence-electron chi connectivity index (χ3n) is 2.98. The number of carbonyl (C=O) groups is 1.